The van der Waals surface area contributed by atoms with Gasteiger partial charge in [0, 0.05) is 0 Å². The quantitative estimate of drug-likeness (QED) is 0.347. The maximum absolute atomic E-state index is 9.82. The van der Waals surface area contributed by atoms with Crippen LogP contribution in [0.25, 0.3) is 0 Å². The molecular formula is C2H12N2O8S2. The van der Waals surface area contributed by atoms with Gasteiger partial charge in [0.05, 0.1) is 13.2 Å². The third-order valence-electron chi connectivity index (χ3n) is 0.548. The second-order valence-corrected chi connectivity index (χ2v) is 3.68. The first-order valence-electron chi connectivity index (χ1n) is 2.44. The average molecular weight is 256 g/mol. The number of rotatable bonds is 5. The van der Waals surface area contributed by atoms with Gasteiger partial charge in [-0.3, -0.25) is 9.11 Å². The Morgan fingerprint density at radius 1 is 0.786 bits per heavy atom. The molecule has 0 aromatic carbocycles. The van der Waals surface area contributed by atoms with Gasteiger partial charge in [0.25, 0.3) is 0 Å². The van der Waals surface area contributed by atoms with Gasteiger partial charge in [0.15, 0.2) is 0 Å². The van der Waals surface area contributed by atoms with Crippen molar-refractivity contribution in [3.8, 4) is 0 Å². The normalized spacial score (nSPS) is 11.3. The van der Waals surface area contributed by atoms with Crippen LogP contribution in [0.15, 0.2) is 0 Å². The van der Waals surface area contributed by atoms with Crippen LogP contribution < -0.4 is 12.3 Å². The molecular weight excluding hydrogens is 244 g/mol. The second-order valence-electron chi connectivity index (χ2n) is 1.50. The molecule has 0 unspecified atom stereocenters. The van der Waals surface area contributed by atoms with Gasteiger partial charge in [-0.15, -0.1) is 0 Å². The monoisotopic (exact) mass is 256 g/mol. The Morgan fingerprint density at radius 3 is 1.14 bits per heavy atom. The molecule has 0 saturated heterocycles. The van der Waals surface area contributed by atoms with Crippen LogP contribution in [0, 0.1) is 0 Å². The average Bonchev–Trinajstić information content (AvgIpc) is 1.76. The minimum atomic E-state index is -4.60. The first-order valence-corrected chi connectivity index (χ1v) is 5.17. The number of hydrogen-bond donors (Lipinski definition) is 4. The molecule has 0 aliphatic carbocycles. The van der Waals surface area contributed by atoms with Crippen molar-refractivity contribution in [2.24, 2.45) is 0 Å². The molecule has 12 heteroatoms. The third kappa shape index (κ3) is 17.7. The van der Waals surface area contributed by atoms with Crippen molar-refractivity contribution in [1.29, 1.82) is 0 Å². The first-order chi connectivity index (χ1) is 5.21. The molecule has 0 radical (unpaired) electrons. The molecule has 0 heterocycles. The largest absolute Gasteiger partial charge is 0.397 e. The molecule has 0 atom stereocenters. The van der Waals surface area contributed by atoms with Crippen LogP contribution in [0.4, 0.5) is 0 Å². The van der Waals surface area contributed by atoms with Crippen molar-refractivity contribution < 1.29 is 34.3 Å². The van der Waals surface area contributed by atoms with Crippen LogP contribution in [0.2, 0.25) is 0 Å². The number of hydrogen-bond acceptors (Lipinski definition) is 8. The molecule has 90 valence electrons. The Kier molecular flexibility index (Phi) is 9.66. The molecule has 8 N–H and O–H groups in total. The van der Waals surface area contributed by atoms with Crippen molar-refractivity contribution in [2.45, 2.75) is 0 Å². The van der Waals surface area contributed by atoms with Gasteiger partial charge >= 0.3 is 20.8 Å². The molecule has 10 nitrogen and oxygen atoms in total. The molecule has 0 spiro atoms. The maximum atomic E-state index is 9.82. The Labute approximate surface area is 81.3 Å². The summed E-state index contributed by atoms with van der Waals surface area (Å²) in [5, 5.41) is 0. The SMILES string of the molecule is N.N.O=S(=O)(O)OCCOS(=O)(=O)O. The van der Waals surface area contributed by atoms with E-state index in [1.165, 1.54) is 0 Å². The summed E-state index contributed by atoms with van der Waals surface area (Å²) < 4.78 is 62.4. The van der Waals surface area contributed by atoms with E-state index in [0.29, 0.717) is 0 Å². The lowest BCUT2D eigenvalue weighted by atomic mass is 10.8. The standard InChI is InChI=1S/C2H6O8S2.2H3N/c3-11(4,5)9-1-2-10-12(6,7)8;;/h1-2H2,(H,3,4,5)(H,6,7,8);2*1H3. The van der Waals surface area contributed by atoms with Gasteiger partial charge < -0.3 is 12.3 Å². The lowest BCUT2D eigenvalue weighted by Gasteiger charge is -1.98. The van der Waals surface area contributed by atoms with Crippen LogP contribution in [0.3, 0.4) is 0 Å². The fourth-order valence-corrected chi connectivity index (χ4v) is 0.836. The highest BCUT2D eigenvalue weighted by molar-refractivity contribution is 7.81. The van der Waals surface area contributed by atoms with Gasteiger partial charge in [-0.25, -0.2) is 8.37 Å². The highest BCUT2D eigenvalue weighted by Gasteiger charge is 2.07. The highest BCUT2D eigenvalue weighted by Crippen LogP contribution is 1.89. The summed E-state index contributed by atoms with van der Waals surface area (Å²) in [5.74, 6) is 0. The molecule has 0 saturated carbocycles. The fourth-order valence-electron chi connectivity index (χ4n) is 0.279. The van der Waals surface area contributed by atoms with Gasteiger partial charge in [0.1, 0.15) is 0 Å². The van der Waals surface area contributed by atoms with Crippen LogP contribution in [-0.2, 0) is 29.2 Å². The van der Waals surface area contributed by atoms with Crippen molar-refractivity contribution in [2.75, 3.05) is 13.2 Å². The zero-order valence-corrected chi connectivity index (χ0v) is 8.62. The molecule has 0 aromatic rings. The zero-order valence-electron chi connectivity index (χ0n) is 6.99. The molecule has 0 fully saturated rings. The van der Waals surface area contributed by atoms with E-state index >= 15 is 0 Å². The summed E-state index contributed by atoms with van der Waals surface area (Å²) in [6, 6.07) is 0. The van der Waals surface area contributed by atoms with E-state index < -0.39 is 34.0 Å². The van der Waals surface area contributed by atoms with Gasteiger partial charge in [0.2, 0.25) is 0 Å². The lowest BCUT2D eigenvalue weighted by Crippen LogP contribution is -2.13. The van der Waals surface area contributed by atoms with Crippen molar-refractivity contribution in [3.63, 3.8) is 0 Å². The van der Waals surface area contributed by atoms with Crippen molar-refractivity contribution in [1.82, 2.24) is 12.3 Å². The maximum Gasteiger partial charge on any atom is 0.397 e. The molecule has 0 aliphatic rings. The minimum absolute atomic E-state index is 0. The third-order valence-corrected chi connectivity index (χ3v) is 1.48. The Bertz CT molecular complexity index is 283. The van der Waals surface area contributed by atoms with E-state index in [1.54, 1.807) is 0 Å². The predicted molar refractivity (Wildman–Crippen MR) is 45.0 cm³/mol. The lowest BCUT2D eigenvalue weighted by molar-refractivity contribution is 0.190. The van der Waals surface area contributed by atoms with Crippen molar-refractivity contribution in [3.05, 3.63) is 0 Å². The predicted octanol–water partition coefficient (Wildman–Crippen LogP) is -1.05. The second kappa shape index (κ2) is 7.02. The summed E-state index contributed by atoms with van der Waals surface area (Å²) in [6.07, 6.45) is 0. The van der Waals surface area contributed by atoms with Crippen molar-refractivity contribution >= 4 is 20.8 Å². The Hall–Kier alpha value is -0.340. The van der Waals surface area contributed by atoms with E-state index in [-0.39, 0.29) is 12.3 Å². The summed E-state index contributed by atoms with van der Waals surface area (Å²) in [4.78, 5) is 0. The van der Waals surface area contributed by atoms with Gasteiger partial charge in [-0.2, -0.15) is 16.8 Å². The van der Waals surface area contributed by atoms with E-state index in [1.807, 2.05) is 0 Å². The van der Waals surface area contributed by atoms with Gasteiger partial charge in [-0.1, -0.05) is 0 Å². The first kappa shape index (κ1) is 19.3. The minimum Gasteiger partial charge on any atom is -0.344 e. The Morgan fingerprint density at radius 2 is 1.00 bits per heavy atom. The molecule has 0 amide bonds. The highest BCUT2D eigenvalue weighted by atomic mass is 32.3. The van der Waals surface area contributed by atoms with E-state index in [9.17, 15) is 16.8 Å². The van der Waals surface area contributed by atoms with E-state index in [0.717, 1.165) is 0 Å². The van der Waals surface area contributed by atoms with Crippen LogP contribution in [0.5, 0.6) is 0 Å². The molecule has 14 heavy (non-hydrogen) atoms. The smallest absolute Gasteiger partial charge is 0.344 e. The van der Waals surface area contributed by atoms with E-state index in [2.05, 4.69) is 8.37 Å². The van der Waals surface area contributed by atoms with Crippen LogP contribution in [-0.4, -0.2) is 39.2 Å². The molecule has 0 aromatic heterocycles. The fraction of sp³-hybridized carbons (Fsp3) is 1.00. The van der Waals surface area contributed by atoms with E-state index in [4.69, 9.17) is 9.11 Å². The topological polar surface area (TPSA) is 197 Å². The van der Waals surface area contributed by atoms with Crippen LogP contribution in [0.1, 0.15) is 0 Å². The molecule has 0 aliphatic heterocycles. The molecule has 0 bridgehead atoms. The zero-order chi connectivity index (χ0) is 9.83. The molecule has 0 rings (SSSR count). The van der Waals surface area contributed by atoms with Crippen LogP contribution >= 0.6 is 0 Å². The Balaban J connectivity index is -0.000000605. The van der Waals surface area contributed by atoms with Gasteiger partial charge in [-0.05, 0) is 0 Å². The summed E-state index contributed by atoms with van der Waals surface area (Å²) in [6.45, 7) is -1.42. The summed E-state index contributed by atoms with van der Waals surface area (Å²) in [5.41, 5.74) is 0. The summed E-state index contributed by atoms with van der Waals surface area (Å²) >= 11 is 0. The summed E-state index contributed by atoms with van der Waals surface area (Å²) in [7, 11) is -9.20.